The first kappa shape index (κ1) is 16.5. The van der Waals surface area contributed by atoms with Gasteiger partial charge in [0.15, 0.2) is 16.8 Å². The van der Waals surface area contributed by atoms with E-state index in [4.69, 9.17) is 5.73 Å². The molecule has 2 heterocycles. The maximum absolute atomic E-state index is 6.30. The molecule has 0 aliphatic carbocycles. The summed E-state index contributed by atoms with van der Waals surface area (Å²) in [6, 6.07) is 0. The summed E-state index contributed by atoms with van der Waals surface area (Å²) in [5, 5.41) is 5.84. The van der Waals surface area contributed by atoms with Gasteiger partial charge in [-0.2, -0.15) is 0 Å². The lowest BCUT2D eigenvalue weighted by Crippen LogP contribution is -2.32. The van der Waals surface area contributed by atoms with Crippen LogP contribution in [0.1, 0.15) is 27.7 Å². The molecule has 0 saturated carbocycles. The average Bonchev–Trinajstić information content (AvgIpc) is 2.92. The smallest absolute Gasteiger partial charge is 0.188 e. The molecule has 3 N–H and O–H groups in total. The fourth-order valence-electron chi connectivity index (χ4n) is 2.25. The standard InChI is InChI=1S/C15H24N6S/c1-10(2)7-21(8-11(3)4)14-12(16)13(18-9-19-14)20-15-17-5-6-22-15/h5-6,9-11H,7-8,16H2,1-4H3,(H,17,18,19,20). The molecule has 0 radical (unpaired) electrons. The highest BCUT2D eigenvalue weighted by Gasteiger charge is 2.17. The van der Waals surface area contributed by atoms with Crippen molar-refractivity contribution in [3.8, 4) is 0 Å². The van der Waals surface area contributed by atoms with Crippen LogP contribution in [0.5, 0.6) is 0 Å². The summed E-state index contributed by atoms with van der Waals surface area (Å²) in [7, 11) is 0. The number of hydrogen-bond donors (Lipinski definition) is 2. The van der Waals surface area contributed by atoms with Crippen LogP contribution in [-0.4, -0.2) is 28.0 Å². The zero-order chi connectivity index (χ0) is 16.1. The van der Waals surface area contributed by atoms with Crippen molar-refractivity contribution < 1.29 is 0 Å². The van der Waals surface area contributed by atoms with Gasteiger partial charge in [-0.1, -0.05) is 27.7 Å². The van der Waals surface area contributed by atoms with Crippen molar-refractivity contribution in [2.45, 2.75) is 27.7 Å². The van der Waals surface area contributed by atoms with Gasteiger partial charge < -0.3 is 16.0 Å². The van der Waals surface area contributed by atoms with E-state index in [1.807, 2.05) is 5.38 Å². The molecule has 0 unspecified atom stereocenters. The minimum atomic E-state index is 0.531. The van der Waals surface area contributed by atoms with Gasteiger partial charge in [0.1, 0.15) is 12.0 Å². The number of rotatable bonds is 7. The Labute approximate surface area is 135 Å². The number of thiazole rings is 1. The quantitative estimate of drug-likeness (QED) is 0.814. The first-order valence-corrected chi connectivity index (χ1v) is 8.37. The predicted molar refractivity (Wildman–Crippen MR) is 93.7 cm³/mol. The third-order valence-electron chi connectivity index (χ3n) is 2.99. The lowest BCUT2D eigenvalue weighted by molar-refractivity contribution is 0.549. The number of hydrogen-bond acceptors (Lipinski definition) is 7. The van der Waals surface area contributed by atoms with Gasteiger partial charge in [-0.15, -0.1) is 11.3 Å². The Balaban J connectivity index is 2.28. The Morgan fingerprint density at radius 2 is 1.82 bits per heavy atom. The second-order valence-corrected chi connectivity index (χ2v) is 7.01. The van der Waals surface area contributed by atoms with Crippen LogP contribution >= 0.6 is 11.3 Å². The number of nitrogens with zero attached hydrogens (tertiary/aromatic N) is 4. The molecule has 120 valence electrons. The molecule has 2 rings (SSSR count). The number of nitrogens with two attached hydrogens (primary N) is 1. The summed E-state index contributed by atoms with van der Waals surface area (Å²) in [5.41, 5.74) is 6.87. The summed E-state index contributed by atoms with van der Waals surface area (Å²) in [4.78, 5) is 15.1. The molecule has 0 atom stereocenters. The van der Waals surface area contributed by atoms with Crippen molar-refractivity contribution in [1.82, 2.24) is 15.0 Å². The number of nitrogen functional groups attached to an aromatic ring is 1. The highest BCUT2D eigenvalue weighted by Crippen LogP contribution is 2.29. The maximum atomic E-state index is 6.30. The molecule has 0 aliphatic heterocycles. The molecule has 0 aromatic carbocycles. The average molecular weight is 320 g/mol. The van der Waals surface area contributed by atoms with E-state index in [0.29, 0.717) is 23.3 Å². The van der Waals surface area contributed by atoms with E-state index in [1.54, 1.807) is 12.5 Å². The summed E-state index contributed by atoms with van der Waals surface area (Å²) < 4.78 is 0. The summed E-state index contributed by atoms with van der Waals surface area (Å²) in [6.07, 6.45) is 3.30. The Kier molecular flexibility index (Phi) is 5.54. The molecule has 2 aromatic rings. The van der Waals surface area contributed by atoms with Crippen LogP contribution in [0.3, 0.4) is 0 Å². The van der Waals surface area contributed by atoms with Crippen molar-refractivity contribution in [3.63, 3.8) is 0 Å². The molecule has 0 saturated heterocycles. The van der Waals surface area contributed by atoms with Crippen LogP contribution in [0.15, 0.2) is 17.9 Å². The highest BCUT2D eigenvalue weighted by atomic mass is 32.1. The van der Waals surface area contributed by atoms with Crippen LogP contribution in [0.25, 0.3) is 0 Å². The van der Waals surface area contributed by atoms with Gasteiger partial charge in [-0.3, -0.25) is 0 Å². The summed E-state index contributed by atoms with van der Waals surface area (Å²) in [6.45, 7) is 10.6. The van der Waals surface area contributed by atoms with Gasteiger partial charge in [0.2, 0.25) is 0 Å². The minimum absolute atomic E-state index is 0.531. The Morgan fingerprint density at radius 1 is 1.14 bits per heavy atom. The topological polar surface area (TPSA) is 80.0 Å². The lowest BCUT2D eigenvalue weighted by atomic mass is 10.1. The van der Waals surface area contributed by atoms with Gasteiger partial charge in [0.25, 0.3) is 0 Å². The van der Waals surface area contributed by atoms with E-state index in [2.05, 4.69) is 52.9 Å². The van der Waals surface area contributed by atoms with Crippen molar-refractivity contribution >= 4 is 33.8 Å². The first-order chi connectivity index (χ1) is 10.5. The monoisotopic (exact) mass is 320 g/mol. The fourth-order valence-corrected chi connectivity index (χ4v) is 2.78. The first-order valence-electron chi connectivity index (χ1n) is 7.49. The molecule has 0 aliphatic rings. The molecule has 0 amide bonds. The van der Waals surface area contributed by atoms with Crippen LogP contribution in [-0.2, 0) is 0 Å². The highest BCUT2D eigenvalue weighted by molar-refractivity contribution is 7.13. The van der Waals surface area contributed by atoms with Gasteiger partial charge >= 0.3 is 0 Å². The normalized spacial score (nSPS) is 11.2. The van der Waals surface area contributed by atoms with E-state index in [-0.39, 0.29) is 0 Å². The van der Waals surface area contributed by atoms with E-state index in [9.17, 15) is 0 Å². The molecule has 7 heteroatoms. The van der Waals surface area contributed by atoms with E-state index < -0.39 is 0 Å². The third kappa shape index (κ3) is 4.30. The fraction of sp³-hybridized carbons (Fsp3) is 0.533. The lowest BCUT2D eigenvalue weighted by Gasteiger charge is -2.28. The van der Waals surface area contributed by atoms with Gasteiger partial charge in [-0.05, 0) is 11.8 Å². The Morgan fingerprint density at radius 3 is 2.36 bits per heavy atom. The van der Waals surface area contributed by atoms with Gasteiger partial charge in [-0.25, -0.2) is 15.0 Å². The van der Waals surface area contributed by atoms with E-state index in [0.717, 1.165) is 24.0 Å². The zero-order valence-electron chi connectivity index (χ0n) is 13.6. The maximum Gasteiger partial charge on any atom is 0.188 e. The zero-order valence-corrected chi connectivity index (χ0v) is 14.4. The predicted octanol–water partition coefficient (Wildman–Crippen LogP) is 3.38. The number of nitrogens with one attached hydrogen (secondary N) is 1. The van der Waals surface area contributed by atoms with Crippen molar-refractivity contribution in [1.29, 1.82) is 0 Å². The summed E-state index contributed by atoms with van der Waals surface area (Å²) in [5.74, 6) is 2.46. The largest absolute Gasteiger partial charge is 0.393 e. The molecule has 22 heavy (non-hydrogen) atoms. The molecule has 0 fully saturated rings. The molecule has 0 bridgehead atoms. The van der Waals surface area contributed by atoms with Crippen LogP contribution in [0, 0.1) is 11.8 Å². The van der Waals surface area contributed by atoms with Crippen molar-refractivity contribution in [3.05, 3.63) is 17.9 Å². The van der Waals surface area contributed by atoms with Crippen LogP contribution in [0.2, 0.25) is 0 Å². The Bertz CT molecular complexity index is 572. The molecular formula is C15H24N6S. The molecule has 0 spiro atoms. The Hall–Kier alpha value is -1.89. The van der Waals surface area contributed by atoms with Crippen LogP contribution < -0.4 is 16.0 Å². The number of anilines is 4. The summed E-state index contributed by atoms with van der Waals surface area (Å²) >= 11 is 1.51. The third-order valence-corrected chi connectivity index (χ3v) is 3.68. The van der Waals surface area contributed by atoms with Crippen molar-refractivity contribution in [2.75, 3.05) is 29.0 Å². The molecule has 2 aromatic heterocycles. The second-order valence-electron chi connectivity index (χ2n) is 6.11. The second kappa shape index (κ2) is 7.40. The van der Waals surface area contributed by atoms with Gasteiger partial charge in [0.05, 0.1) is 0 Å². The number of aromatic nitrogens is 3. The van der Waals surface area contributed by atoms with E-state index >= 15 is 0 Å². The van der Waals surface area contributed by atoms with E-state index in [1.165, 1.54) is 11.3 Å². The molecular weight excluding hydrogens is 296 g/mol. The minimum Gasteiger partial charge on any atom is -0.393 e. The van der Waals surface area contributed by atoms with Crippen molar-refractivity contribution in [2.24, 2.45) is 11.8 Å². The van der Waals surface area contributed by atoms with Gasteiger partial charge in [0, 0.05) is 24.7 Å². The molecule has 6 nitrogen and oxygen atoms in total. The SMILES string of the molecule is CC(C)CN(CC(C)C)c1ncnc(Nc2nccs2)c1N. The van der Waals surface area contributed by atoms with Crippen LogP contribution in [0.4, 0.5) is 22.5 Å².